The molecule has 0 heterocycles. The monoisotopic (exact) mass is 448 g/mol. The molecule has 164 valence electrons. The molecule has 4 rings (SSSR count). The Balaban J connectivity index is 1.96. The summed E-state index contributed by atoms with van der Waals surface area (Å²) in [5.41, 5.74) is 9.53. The van der Waals surface area contributed by atoms with Gasteiger partial charge in [0, 0.05) is 22.9 Å². The second-order valence-corrected chi connectivity index (χ2v) is 9.10. The summed E-state index contributed by atoms with van der Waals surface area (Å²) in [5, 5.41) is 1.88. The Morgan fingerprint density at radius 2 is 1.50 bits per heavy atom. The van der Waals surface area contributed by atoms with E-state index in [9.17, 15) is 8.42 Å². The van der Waals surface area contributed by atoms with Crippen LogP contribution in [0.3, 0.4) is 0 Å². The van der Waals surface area contributed by atoms with Crippen molar-refractivity contribution in [3.8, 4) is 22.6 Å². The standard InChI is InChI=1S/C25H24N2O4S/c1-16-8-11-18(12-9-16)32(28,29)27-22-15-24(31-3)23(30-2)14-20(22)25-19-7-5-4-6-17(19)10-13-21(25)26/h4-15,27H,26H2,1-3H3. The van der Waals surface area contributed by atoms with Crippen LogP contribution in [0.2, 0.25) is 0 Å². The Kier molecular flexibility index (Phi) is 5.67. The van der Waals surface area contributed by atoms with E-state index in [2.05, 4.69) is 4.72 Å². The molecule has 0 saturated heterocycles. The number of nitrogens with two attached hydrogens (primary N) is 1. The Morgan fingerprint density at radius 3 is 2.19 bits per heavy atom. The Morgan fingerprint density at radius 1 is 0.844 bits per heavy atom. The van der Waals surface area contributed by atoms with Gasteiger partial charge in [0.25, 0.3) is 10.0 Å². The molecule has 0 atom stereocenters. The first-order valence-corrected chi connectivity index (χ1v) is 11.5. The highest BCUT2D eigenvalue weighted by molar-refractivity contribution is 7.92. The predicted octanol–water partition coefficient (Wildman–Crippen LogP) is 5.22. The van der Waals surface area contributed by atoms with E-state index >= 15 is 0 Å². The van der Waals surface area contributed by atoms with Crippen LogP contribution in [0.25, 0.3) is 21.9 Å². The number of benzene rings is 4. The number of sulfonamides is 1. The highest BCUT2D eigenvalue weighted by Crippen LogP contribution is 2.44. The zero-order valence-electron chi connectivity index (χ0n) is 18.0. The van der Waals surface area contributed by atoms with Crippen LogP contribution in [0.1, 0.15) is 5.56 Å². The molecule has 4 aromatic carbocycles. The van der Waals surface area contributed by atoms with Gasteiger partial charge in [-0.05, 0) is 42.0 Å². The van der Waals surface area contributed by atoms with Crippen molar-refractivity contribution in [3.63, 3.8) is 0 Å². The quantitative estimate of drug-likeness (QED) is 0.395. The van der Waals surface area contributed by atoms with Crippen LogP contribution in [0.5, 0.6) is 11.5 Å². The van der Waals surface area contributed by atoms with Gasteiger partial charge in [0.1, 0.15) is 0 Å². The van der Waals surface area contributed by atoms with Crippen LogP contribution < -0.4 is 19.9 Å². The summed E-state index contributed by atoms with van der Waals surface area (Å²) in [7, 11) is -0.824. The van der Waals surface area contributed by atoms with Crippen molar-refractivity contribution in [3.05, 3.63) is 78.4 Å². The normalized spacial score (nSPS) is 11.3. The highest BCUT2D eigenvalue weighted by Gasteiger charge is 2.21. The van der Waals surface area contributed by atoms with E-state index in [-0.39, 0.29) is 4.90 Å². The minimum Gasteiger partial charge on any atom is -0.493 e. The van der Waals surface area contributed by atoms with Gasteiger partial charge >= 0.3 is 0 Å². The summed E-state index contributed by atoms with van der Waals surface area (Å²) in [6.45, 7) is 1.90. The summed E-state index contributed by atoms with van der Waals surface area (Å²) in [6.07, 6.45) is 0. The van der Waals surface area contributed by atoms with E-state index in [4.69, 9.17) is 15.2 Å². The Labute approximate surface area is 187 Å². The molecule has 0 saturated carbocycles. The molecule has 6 nitrogen and oxygen atoms in total. The first-order chi connectivity index (χ1) is 15.3. The van der Waals surface area contributed by atoms with Crippen molar-refractivity contribution < 1.29 is 17.9 Å². The Bertz CT molecular complexity index is 1400. The van der Waals surface area contributed by atoms with Crippen molar-refractivity contribution >= 4 is 32.2 Å². The molecule has 3 N–H and O–H groups in total. The molecule has 7 heteroatoms. The molecule has 0 bridgehead atoms. The molecular weight excluding hydrogens is 424 g/mol. The van der Waals surface area contributed by atoms with Gasteiger partial charge in [0.05, 0.1) is 24.8 Å². The SMILES string of the molecule is COc1cc(NS(=O)(=O)c2ccc(C)cc2)c(-c2c(N)ccc3ccccc23)cc1OC. The van der Waals surface area contributed by atoms with Crippen molar-refractivity contribution in [2.75, 3.05) is 24.7 Å². The zero-order valence-corrected chi connectivity index (χ0v) is 18.9. The van der Waals surface area contributed by atoms with E-state index in [0.717, 1.165) is 16.3 Å². The number of ether oxygens (including phenoxy) is 2. The molecule has 0 aromatic heterocycles. The van der Waals surface area contributed by atoms with E-state index < -0.39 is 10.0 Å². The molecule has 0 unspecified atom stereocenters. The summed E-state index contributed by atoms with van der Waals surface area (Å²) >= 11 is 0. The zero-order chi connectivity index (χ0) is 22.9. The van der Waals surface area contributed by atoms with Gasteiger partial charge in [-0.15, -0.1) is 0 Å². The molecule has 0 aliphatic heterocycles. The number of fused-ring (bicyclic) bond motifs is 1. The lowest BCUT2D eigenvalue weighted by molar-refractivity contribution is 0.355. The van der Waals surface area contributed by atoms with Gasteiger partial charge in [-0.3, -0.25) is 4.72 Å². The van der Waals surface area contributed by atoms with Crippen LogP contribution in [0.4, 0.5) is 11.4 Å². The minimum atomic E-state index is -3.86. The molecule has 4 aromatic rings. The first-order valence-electron chi connectivity index (χ1n) is 9.97. The lowest BCUT2D eigenvalue weighted by Crippen LogP contribution is -2.14. The van der Waals surface area contributed by atoms with Crippen LogP contribution in [-0.2, 0) is 10.0 Å². The predicted molar refractivity (Wildman–Crippen MR) is 129 cm³/mol. The third kappa shape index (κ3) is 3.94. The number of methoxy groups -OCH3 is 2. The second-order valence-electron chi connectivity index (χ2n) is 7.42. The summed E-state index contributed by atoms with van der Waals surface area (Å²) in [5.74, 6) is 0.866. The molecule has 0 spiro atoms. The summed E-state index contributed by atoms with van der Waals surface area (Å²) in [6, 6.07) is 21.6. The molecule has 32 heavy (non-hydrogen) atoms. The van der Waals surface area contributed by atoms with Gasteiger partial charge in [-0.25, -0.2) is 8.42 Å². The molecular formula is C25H24N2O4S. The van der Waals surface area contributed by atoms with E-state index in [1.165, 1.54) is 14.2 Å². The number of anilines is 2. The fraction of sp³-hybridized carbons (Fsp3) is 0.120. The number of rotatable bonds is 6. The molecule has 0 radical (unpaired) electrons. The highest BCUT2D eigenvalue weighted by atomic mass is 32.2. The number of nitrogen functional groups attached to an aromatic ring is 1. The van der Waals surface area contributed by atoms with Crippen molar-refractivity contribution in [1.29, 1.82) is 0 Å². The molecule has 0 aliphatic rings. The molecule has 0 amide bonds. The molecule has 0 aliphatic carbocycles. The fourth-order valence-corrected chi connectivity index (χ4v) is 4.75. The van der Waals surface area contributed by atoms with E-state index in [0.29, 0.717) is 34.0 Å². The smallest absolute Gasteiger partial charge is 0.261 e. The van der Waals surface area contributed by atoms with Gasteiger partial charge < -0.3 is 15.2 Å². The maximum Gasteiger partial charge on any atom is 0.261 e. The van der Waals surface area contributed by atoms with Crippen molar-refractivity contribution in [1.82, 2.24) is 0 Å². The number of nitrogens with one attached hydrogen (secondary N) is 1. The topological polar surface area (TPSA) is 90.7 Å². The summed E-state index contributed by atoms with van der Waals surface area (Å²) in [4.78, 5) is 0.162. The maximum absolute atomic E-state index is 13.2. The third-order valence-electron chi connectivity index (χ3n) is 5.33. The second kappa shape index (κ2) is 8.43. The maximum atomic E-state index is 13.2. The van der Waals surface area contributed by atoms with Gasteiger partial charge in [0.2, 0.25) is 0 Å². The fourth-order valence-electron chi connectivity index (χ4n) is 3.68. The number of aryl methyl sites for hydroxylation is 1. The average Bonchev–Trinajstić information content (AvgIpc) is 2.79. The van der Waals surface area contributed by atoms with Gasteiger partial charge in [-0.1, -0.05) is 48.0 Å². The number of hydrogen-bond donors (Lipinski definition) is 2. The van der Waals surface area contributed by atoms with E-state index in [1.54, 1.807) is 36.4 Å². The summed E-state index contributed by atoms with van der Waals surface area (Å²) < 4.78 is 40.0. The lowest BCUT2D eigenvalue weighted by atomic mass is 9.95. The van der Waals surface area contributed by atoms with Gasteiger partial charge in [-0.2, -0.15) is 0 Å². The van der Waals surface area contributed by atoms with Crippen LogP contribution in [-0.4, -0.2) is 22.6 Å². The van der Waals surface area contributed by atoms with Crippen LogP contribution >= 0.6 is 0 Å². The average molecular weight is 449 g/mol. The van der Waals surface area contributed by atoms with Gasteiger partial charge in [0.15, 0.2) is 11.5 Å². The minimum absolute atomic E-state index is 0.162. The molecule has 0 fully saturated rings. The van der Waals surface area contributed by atoms with E-state index in [1.807, 2.05) is 43.3 Å². The Hall–Kier alpha value is -3.71. The van der Waals surface area contributed by atoms with Crippen LogP contribution in [0.15, 0.2) is 77.7 Å². The number of hydrogen-bond acceptors (Lipinski definition) is 5. The van der Waals surface area contributed by atoms with Crippen molar-refractivity contribution in [2.45, 2.75) is 11.8 Å². The largest absolute Gasteiger partial charge is 0.493 e. The lowest BCUT2D eigenvalue weighted by Gasteiger charge is -2.19. The van der Waals surface area contributed by atoms with Crippen molar-refractivity contribution in [2.24, 2.45) is 0 Å². The first kappa shape index (κ1) is 21.5. The third-order valence-corrected chi connectivity index (χ3v) is 6.71. The van der Waals surface area contributed by atoms with Crippen LogP contribution in [0, 0.1) is 6.92 Å².